The summed E-state index contributed by atoms with van der Waals surface area (Å²) in [5.74, 6) is -0.400. The fourth-order valence-electron chi connectivity index (χ4n) is 1.48. The van der Waals surface area contributed by atoms with Crippen molar-refractivity contribution >= 4 is 46.2 Å². The minimum absolute atomic E-state index is 0.103. The van der Waals surface area contributed by atoms with Gasteiger partial charge < -0.3 is 5.73 Å². The zero-order valence-electron chi connectivity index (χ0n) is 9.95. The van der Waals surface area contributed by atoms with Crippen LogP contribution in [0.25, 0.3) is 0 Å². The van der Waals surface area contributed by atoms with Gasteiger partial charge >= 0.3 is 0 Å². The average Bonchev–Trinajstić information content (AvgIpc) is 2.65. The van der Waals surface area contributed by atoms with E-state index in [-0.39, 0.29) is 5.11 Å². The average molecular weight is 296 g/mol. The molecule has 0 spiro atoms. The molecular formula is C11H10ClN5OS. The lowest BCUT2D eigenvalue weighted by atomic mass is 10.2. The SMILES string of the molecule is CC1=NN(C(N)=S)C(=O)[C@H]1N=Nc1ccc(Cl)cc1. The number of nitrogens with two attached hydrogens (primary N) is 1. The van der Waals surface area contributed by atoms with Crippen molar-refractivity contribution in [2.75, 3.05) is 0 Å². The van der Waals surface area contributed by atoms with Crippen molar-refractivity contribution in [3.8, 4) is 0 Å². The van der Waals surface area contributed by atoms with Crippen molar-refractivity contribution < 1.29 is 4.79 Å². The van der Waals surface area contributed by atoms with E-state index in [0.29, 0.717) is 16.4 Å². The molecule has 1 aliphatic rings. The van der Waals surface area contributed by atoms with E-state index >= 15 is 0 Å². The van der Waals surface area contributed by atoms with Crippen LogP contribution in [0.15, 0.2) is 39.6 Å². The smallest absolute Gasteiger partial charge is 0.282 e. The number of rotatable bonds is 2. The Morgan fingerprint density at radius 3 is 2.63 bits per heavy atom. The molecule has 0 aromatic heterocycles. The van der Waals surface area contributed by atoms with E-state index in [2.05, 4.69) is 15.3 Å². The van der Waals surface area contributed by atoms with Gasteiger partial charge in [-0.2, -0.15) is 20.3 Å². The normalized spacial score (nSPS) is 19.1. The van der Waals surface area contributed by atoms with Gasteiger partial charge in [0, 0.05) is 5.02 Å². The Balaban J connectivity index is 2.16. The molecule has 0 fully saturated rings. The van der Waals surface area contributed by atoms with Crippen molar-refractivity contribution in [2.45, 2.75) is 13.0 Å². The van der Waals surface area contributed by atoms with Crippen LogP contribution < -0.4 is 5.73 Å². The number of carbonyl (C=O) groups excluding carboxylic acids is 1. The zero-order valence-corrected chi connectivity index (χ0v) is 11.5. The molecule has 1 aromatic rings. The van der Waals surface area contributed by atoms with Crippen LogP contribution in [0.1, 0.15) is 6.92 Å². The maximum atomic E-state index is 11.9. The Hall–Kier alpha value is -1.86. The lowest BCUT2D eigenvalue weighted by Crippen LogP contribution is -2.37. The van der Waals surface area contributed by atoms with Gasteiger partial charge in [0.15, 0.2) is 11.2 Å². The predicted octanol–water partition coefficient (Wildman–Crippen LogP) is 2.25. The number of hydrazone groups is 1. The van der Waals surface area contributed by atoms with Crippen LogP contribution >= 0.6 is 23.8 Å². The predicted molar refractivity (Wildman–Crippen MR) is 76.5 cm³/mol. The highest BCUT2D eigenvalue weighted by atomic mass is 35.5. The van der Waals surface area contributed by atoms with Gasteiger partial charge in [-0.05, 0) is 43.4 Å². The third kappa shape index (κ3) is 2.94. The number of thiocarbonyl (C=S) groups is 1. The van der Waals surface area contributed by atoms with E-state index in [1.807, 2.05) is 0 Å². The molecule has 0 unspecified atom stereocenters. The van der Waals surface area contributed by atoms with E-state index in [0.717, 1.165) is 5.01 Å². The largest absolute Gasteiger partial charge is 0.374 e. The highest BCUT2D eigenvalue weighted by molar-refractivity contribution is 7.80. The van der Waals surface area contributed by atoms with Gasteiger partial charge in [0.05, 0.1) is 11.4 Å². The lowest BCUT2D eigenvalue weighted by Gasteiger charge is -2.08. The molecule has 19 heavy (non-hydrogen) atoms. The molecule has 2 N–H and O–H groups in total. The Kier molecular flexibility index (Phi) is 3.87. The molecule has 0 saturated heterocycles. The first-order valence-electron chi connectivity index (χ1n) is 5.34. The minimum atomic E-state index is -0.780. The van der Waals surface area contributed by atoms with Gasteiger partial charge in [-0.3, -0.25) is 4.79 Å². The second-order valence-electron chi connectivity index (χ2n) is 3.82. The minimum Gasteiger partial charge on any atom is -0.374 e. The van der Waals surface area contributed by atoms with Crippen LogP contribution in [0, 0.1) is 0 Å². The molecule has 1 aromatic carbocycles. The lowest BCUT2D eigenvalue weighted by molar-refractivity contribution is -0.126. The molecule has 0 bridgehead atoms. The van der Waals surface area contributed by atoms with Crippen LogP contribution in [-0.2, 0) is 4.79 Å². The van der Waals surface area contributed by atoms with Crippen LogP contribution in [0.3, 0.4) is 0 Å². The van der Waals surface area contributed by atoms with E-state index in [9.17, 15) is 4.79 Å². The van der Waals surface area contributed by atoms with Crippen molar-refractivity contribution in [1.29, 1.82) is 0 Å². The van der Waals surface area contributed by atoms with Crippen LogP contribution in [-0.4, -0.2) is 27.8 Å². The molecule has 0 radical (unpaired) electrons. The number of benzene rings is 1. The summed E-state index contributed by atoms with van der Waals surface area (Å²) in [4.78, 5) is 11.9. The molecule has 1 amide bonds. The zero-order chi connectivity index (χ0) is 14.0. The van der Waals surface area contributed by atoms with Gasteiger partial charge in [0.1, 0.15) is 0 Å². The Bertz CT molecular complexity index is 583. The van der Waals surface area contributed by atoms with Crippen molar-refractivity contribution in [3.05, 3.63) is 29.3 Å². The number of halogens is 1. The van der Waals surface area contributed by atoms with Gasteiger partial charge in [-0.25, -0.2) is 0 Å². The fourth-order valence-corrected chi connectivity index (χ4v) is 1.74. The van der Waals surface area contributed by atoms with Crippen molar-refractivity contribution in [2.24, 2.45) is 21.1 Å². The molecular weight excluding hydrogens is 286 g/mol. The number of hydrogen-bond acceptors (Lipinski definition) is 5. The maximum Gasteiger partial charge on any atom is 0.282 e. The third-order valence-electron chi connectivity index (χ3n) is 2.42. The topological polar surface area (TPSA) is 83.4 Å². The second kappa shape index (κ2) is 5.41. The molecule has 8 heteroatoms. The molecule has 0 aliphatic carbocycles. The number of azo groups is 1. The van der Waals surface area contributed by atoms with Crippen molar-refractivity contribution in [3.63, 3.8) is 0 Å². The first-order chi connectivity index (χ1) is 8.99. The first-order valence-corrected chi connectivity index (χ1v) is 6.12. The molecule has 6 nitrogen and oxygen atoms in total. The summed E-state index contributed by atoms with van der Waals surface area (Å²) in [6.07, 6.45) is 0. The summed E-state index contributed by atoms with van der Waals surface area (Å²) < 4.78 is 0. The van der Waals surface area contributed by atoms with E-state index in [4.69, 9.17) is 29.6 Å². The molecule has 1 heterocycles. The monoisotopic (exact) mass is 295 g/mol. The molecule has 98 valence electrons. The second-order valence-corrected chi connectivity index (χ2v) is 4.68. The summed E-state index contributed by atoms with van der Waals surface area (Å²) in [7, 11) is 0. The Morgan fingerprint density at radius 2 is 2.11 bits per heavy atom. The van der Waals surface area contributed by atoms with Crippen LogP contribution in [0.4, 0.5) is 5.69 Å². The third-order valence-corrected chi connectivity index (χ3v) is 2.85. The van der Waals surface area contributed by atoms with Crippen LogP contribution in [0.2, 0.25) is 5.02 Å². The number of carbonyl (C=O) groups is 1. The van der Waals surface area contributed by atoms with E-state index < -0.39 is 11.9 Å². The summed E-state index contributed by atoms with van der Waals surface area (Å²) in [5, 5.41) is 13.3. The summed E-state index contributed by atoms with van der Waals surface area (Å²) in [5.41, 5.74) is 6.47. The van der Waals surface area contributed by atoms with Crippen LogP contribution in [0.5, 0.6) is 0 Å². The number of hydrogen-bond donors (Lipinski definition) is 1. The fraction of sp³-hybridized carbons (Fsp3) is 0.182. The maximum absolute atomic E-state index is 11.9. The van der Waals surface area contributed by atoms with Gasteiger partial charge in [0.25, 0.3) is 5.91 Å². The molecule has 2 rings (SSSR count). The number of nitrogens with zero attached hydrogens (tertiary/aromatic N) is 4. The summed E-state index contributed by atoms with van der Waals surface area (Å²) in [6, 6.07) is 5.99. The van der Waals surface area contributed by atoms with Crippen molar-refractivity contribution in [1.82, 2.24) is 5.01 Å². The quantitative estimate of drug-likeness (QED) is 0.671. The van der Waals surface area contributed by atoms with Gasteiger partial charge in [-0.1, -0.05) is 11.6 Å². The van der Waals surface area contributed by atoms with Gasteiger partial charge in [0.2, 0.25) is 0 Å². The standard InChI is InChI=1S/C11H10ClN5OS/c1-6-9(10(18)17(16-6)11(13)19)15-14-8-4-2-7(12)3-5-8/h2-5,9H,1H3,(H2,13,19)/t9-/m0/s1. The molecule has 1 atom stereocenters. The first kappa shape index (κ1) is 13.6. The van der Waals surface area contributed by atoms with Gasteiger partial charge in [-0.15, -0.1) is 0 Å². The molecule has 0 saturated carbocycles. The highest BCUT2D eigenvalue weighted by Crippen LogP contribution is 2.19. The summed E-state index contributed by atoms with van der Waals surface area (Å²) >= 11 is 10.5. The number of amides is 1. The summed E-state index contributed by atoms with van der Waals surface area (Å²) in [6.45, 7) is 1.67. The van der Waals surface area contributed by atoms with E-state index in [1.54, 1.807) is 31.2 Å². The Morgan fingerprint density at radius 1 is 1.47 bits per heavy atom. The van der Waals surface area contributed by atoms with E-state index in [1.165, 1.54) is 0 Å². The highest BCUT2D eigenvalue weighted by Gasteiger charge is 2.35. The molecule has 1 aliphatic heterocycles. The Labute approximate surface area is 119 Å².